The van der Waals surface area contributed by atoms with Crippen molar-refractivity contribution in [3.63, 3.8) is 0 Å². The van der Waals surface area contributed by atoms with E-state index in [2.05, 4.69) is 152 Å². The van der Waals surface area contributed by atoms with Gasteiger partial charge in [0.05, 0.1) is 17.4 Å². The number of benzene rings is 6. The molecular weight excluding hydrogens is 767 g/mol. The summed E-state index contributed by atoms with van der Waals surface area (Å²) in [4.78, 5) is 26.4. The van der Waals surface area contributed by atoms with Crippen molar-refractivity contribution in [2.24, 2.45) is 0 Å². The van der Waals surface area contributed by atoms with E-state index >= 15 is 0 Å². The number of rotatable bonds is 13. The number of tetrazole rings is 1. The second kappa shape index (κ2) is 16.7. The molecule has 2 aliphatic heterocycles. The molecule has 62 heavy (non-hydrogen) atoms. The van der Waals surface area contributed by atoms with Crippen molar-refractivity contribution in [3.05, 3.63) is 202 Å². The minimum absolute atomic E-state index is 0.00677. The van der Waals surface area contributed by atoms with Gasteiger partial charge in [-0.2, -0.15) is 5.06 Å². The summed E-state index contributed by atoms with van der Waals surface area (Å²) in [6.07, 6.45) is 6.83. The number of hydroxylamine groups is 2. The smallest absolute Gasteiger partial charge is 0.261 e. The highest BCUT2D eigenvalue weighted by Crippen LogP contribution is 2.46. The molecule has 2 saturated heterocycles. The Morgan fingerprint density at radius 1 is 0.758 bits per heavy atom. The molecule has 0 N–H and O–H groups in total. The predicted molar refractivity (Wildman–Crippen MR) is 244 cm³/mol. The van der Waals surface area contributed by atoms with E-state index in [1.807, 2.05) is 39.6 Å². The third-order valence-electron chi connectivity index (χ3n) is 13.2. The van der Waals surface area contributed by atoms with Crippen LogP contribution in [0.2, 0.25) is 0 Å². The van der Waals surface area contributed by atoms with Crippen LogP contribution in [0.25, 0.3) is 33.4 Å². The Bertz CT molecular complexity index is 2770. The van der Waals surface area contributed by atoms with Crippen LogP contribution in [0.1, 0.15) is 86.0 Å². The molecule has 0 spiro atoms. The van der Waals surface area contributed by atoms with Gasteiger partial charge in [0.1, 0.15) is 17.0 Å². The SMILES string of the molecule is CCCCc1nc2ccc(C3(CC)CC4CCCN4O3)cc2c(=O)n1Cc1ccc(-c2ccccc2-c2nnnn2C(c2ccccc2)(c2ccccc2)c2ccccc2)cc1. The highest BCUT2D eigenvalue weighted by atomic mass is 16.7. The van der Waals surface area contributed by atoms with Crippen molar-refractivity contribution in [1.29, 1.82) is 0 Å². The summed E-state index contributed by atoms with van der Waals surface area (Å²) in [6.45, 7) is 5.75. The fraction of sp³-hybridized carbons (Fsp3) is 0.264. The van der Waals surface area contributed by atoms with Crippen LogP contribution in [0.4, 0.5) is 0 Å². The summed E-state index contributed by atoms with van der Waals surface area (Å²) in [7, 11) is 0. The zero-order chi connectivity index (χ0) is 42.1. The number of fused-ring (bicyclic) bond motifs is 2. The third kappa shape index (κ3) is 6.86. The van der Waals surface area contributed by atoms with Gasteiger partial charge in [0.25, 0.3) is 5.56 Å². The van der Waals surface area contributed by atoms with Crippen LogP contribution >= 0.6 is 0 Å². The van der Waals surface area contributed by atoms with Gasteiger partial charge in [-0.3, -0.25) is 14.2 Å². The summed E-state index contributed by atoms with van der Waals surface area (Å²) in [5, 5.41) is 16.7. The average molecular weight is 818 g/mol. The number of unbranched alkanes of at least 4 members (excludes halogenated alkanes) is 1. The van der Waals surface area contributed by atoms with E-state index in [4.69, 9.17) is 20.1 Å². The lowest BCUT2D eigenvalue weighted by Crippen LogP contribution is -2.39. The van der Waals surface area contributed by atoms with Crippen molar-refractivity contribution >= 4 is 10.9 Å². The van der Waals surface area contributed by atoms with Gasteiger partial charge >= 0.3 is 0 Å². The fourth-order valence-electron chi connectivity index (χ4n) is 9.99. The van der Waals surface area contributed by atoms with E-state index in [0.717, 1.165) is 101 Å². The number of aromatic nitrogens is 6. The van der Waals surface area contributed by atoms with Gasteiger partial charge < -0.3 is 0 Å². The molecule has 0 amide bonds. The maximum Gasteiger partial charge on any atom is 0.261 e. The quantitative estimate of drug-likeness (QED) is 0.107. The summed E-state index contributed by atoms with van der Waals surface area (Å²) in [5.74, 6) is 1.46. The van der Waals surface area contributed by atoms with Crippen LogP contribution in [-0.4, -0.2) is 47.4 Å². The molecule has 0 aliphatic carbocycles. The Kier molecular flexibility index (Phi) is 10.7. The number of aryl methyl sites for hydroxylation is 1. The van der Waals surface area contributed by atoms with Gasteiger partial charge in [-0.1, -0.05) is 166 Å². The lowest BCUT2D eigenvalue weighted by Gasteiger charge is -2.36. The maximum absolute atomic E-state index is 14.6. The molecule has 2 aromatic heterocycles. The van der Waals surface area contributed by atoms with Gasteiger partial charge in [-0.05, 0) is 87.2 Å². The molecule has 0 radical (unpaired) electrons. The molecule has 10 rings (SSSR count). The van der Waals surface area contributed by atoms with Crippen LogP contribution in [0.3, 0.4) is 0 Å². The molecule has 2 fully saturated rings. The van der Waals surface area contributed by atoms with Crippen LogP contribution in [0.5, 0.6) is 0 Å². The van der Waals surface area contributed by atoms with E-state index in [9.17, 15) is 4.79 Å². The first kappa shape index (κ1) is 39.6. The van der Waals surface area contributed by atoms with Gasteiger partial charge in [-0.25, -0.2) is 9.67 Å². The molecule has 9 heteroatoms. The second-order valence-electron chi connectivity index (χ2n) is 16.8. The molecule has 8 aromatic rings. The second-order valence-corrected chi connectivity index (χ2v) is 16.8. The molecule has 2 aliphatic rings. The van der Waals surface area contributed by atoms with Gasteiger partial charge in [-0.15, -0.1) is 5.10 Å². The van der Waals surface area contributed by atoms with Gasteiger partial charge in [0.15, 0.2) is 5.82 Å². The number of nitrogens with zero attached hydrogens (tertiary/aromatic N) is 7. The fourth-order valence-corrected chi connectivity index (χ4v) is 9.99. The molecule has 9 nitrogen and oxygen atoms in total. The molecule has 0 saturated carbocycles. The van der Waals surface area contributed by atoms with Gasteiger partial charge in [0, 0.05) is 31.0 Å². The molecule has 4 heterocycles. The Balaban J connectivity index is 1.03. The zero-order valence-corrected chi connectivity index (χ0v) is 35.4. The first-order chi connectivity index (χ1) is 30.5. The van der Waals surface area contributed by atoms with E-state index in [1.54, 1.807) is 0 Å². The highest BCUT2D eigenvalue weighted by Gasteiger charge is 2.47. The number of hydrogen-bond acceptors (Lipinski definition) is 7. The molecule has 0 bridgehead atoms. The first-order valence-electron chi connectivity index (χ1n) is 22.2. The van der Waals surface area contributed by atoms with Crippen LogP contribution in [0.15, 0.2) is 163 Å². The zero-order valence-electron chi connectivity index (χ0n) is 35.4. The van der Waals surface area contributed by atoms with Gasteiger partial charge in [0.2, 0.25) is 0 Å². The minimum Gasteiger partial charge on any atom is -0.292 e. The number of hydrogen-bond donors (Lipinski definition) is 0. The molecular formula is C53H51N7O2. The normalized spacial score (nSPS) is 17.7. The van der Waals surface area contributed by atoms with Crippen LogP contribution in [0, 0.1) is 0 Å². The standard InChI is InChI=1S/C53H51N7O2/c1-3-5-27-49-54-48-33-32-43(52(4-2)36-44-24-17-34-59(44)62-52)35-47(48)51(61)58(49)37-38-28-30-39(31-29-38)45-25-15-16-26-46(45)50-55-56-57-60(50)53(40-18-9-6-10-19-40,41-20-11-7-12-21-41)42-22-13-8-14-23-42/h6-16,18-23,25-26,28-33,35,44H,3-5,17,24,27,34,36-37H2,1-2H3. The Labute approximate surface area is 362 Å². The minimum atomic E-state index is -0.880. The van der Waals surface area contributed by atoms with Crippen molar-refractivity contribution in [1.82, 2.24) is 34.8 Å². The monoisotopic (exact) mass is 817 g/mol. The summed E-state index contributed by atoms with van der Waals surface area (Å²) in [6, 6.07) is 54.9. The third-order valence-corrected chi connectivity index (χ3v) is 13.2. The average Bonchev–Trinajstić information content (AvgIpc) is 4.08. The summed E-state index contributed by atoms with van der Waals surface area (Å²) < 4.78 is 3.87. The lowest BCUT2D eigenvalue weighted by atomic mass is 9.77. The predicted octanol–water partition coefficient (Wildman–Crippen LogP) is 10.4. The Morgan fingerprint density at radius 3 is 2.03 bits per heavy atom. The maximum atomic E-state index is 14.6. The van der Waals surface area contributed by atoms with E-state index in [-0.39, 0.29) is 5.56 Å². The summed E-state index contributed by atoms with van der Waals surface area (Å²) >= 11 is 0. The molecule has 2 unspecified atom stereocenters. The Hall–Kier alpha value is -6.55. The van der Waals surface area contributed by atoms with E-state index < -0.39 is 11.1 Å². The van der Waals surface area contributed by atoms with Crippen LogP contribution in [-0.2, 0) is 28.9 Å². The first-order valence-corrected chi connectivity index (χ1v) is 22.2. The van der Waals surface area contributed by atoms with Crippen molar-refractivity contribution in [2.45, 2.75) is 82.5 Å². The lowest BCUT2D eigenvalue weighted by molar-refractivity contribution is -0.200. The largest absolute Gasteiger partial charge is 0.292 e. The topological polar surface area (TPSA) is 91.0 Å². The Morgan fingerprint density at radius 2 is 1.40 bits per heavy atom. The summed E-state index contributed by atoms with van der Waals surface area (Å²) in [5.41, 5.74) is 7.57. The van der Waals surface area contributed by atoms with E-state index in [0.29, 0.717) is 23.8 Å². The molecule has 310 valence electrons. The van der Waals surface area contributed by atoms with Crippen LogP contribution < -0.4 is 5.56 Å². The molecule has 6 aromatic carbocycles. The van der Waals surface area contributed by atoms with Crippen molar-refractivity contribution in [3.8, 4) is 22.5 Å². The van der Waals surface area contributed by atoms with E-state index in [1.165, 1.54) is 6.42 Å². The van der Waals surface area contributed by atoms with Crippen molar-refractivity contribution in [2.75, 3.05) is 6.54 Å². The van der Waals surface area contributed by atoms with Crippen molar-refractivity contribution < 1.29 is 4.84 Å². The highest BCUT2D eigenvalue weighted by molar-refractivity contribution is 5.81. The molecule has 2 atom stereocenters.